The number of hydrogen-bond donors (Lipinski definition) is 2. The van der Waals surface area contributed by atoms with Gasteiger partial charge in [0, 0.05) is 24.9 Å². The Kier molecular flexibility index (Phi) is 10.1. The van der Waals surface area contributed by atoms with E-state index in [-0.39, 0.29) is 31.1 Å². The van der Waals surface area contributed by atoms with E-state index in [0.717, 1.165) is 5.56 Å². The first-order chi connectivity index (χ1) is 19.1. The lowest BCUT2D eigenvalue weighted by Gasteiger charge is -2.35. The molecule has 1 heterocycles. The van der Waals surface area contributed by atoms with Crippen LogP contribution in [0, 0.1) is 5.92 Å². The number of aliphatic carboxylic acids is 1. The Morgan fingerprint density at radius 3 is 2.30 bits per heavy atom. The molecular weight excluding hydrogens is 514 g/mol. The van der Waals surface area contributed by atoms with Crippen LogP contribution in [0.5, 0.6) is 0 Å². The lowest BCUT2D eigenvalue weighted by Crippen LogP contribution is -2.55. The average molecular weight is 548 g/mol. The lowest BCUT2D eigenvalue weighted by molar-refractivity contribution is -0.147. The number of carbonyl (C=O) groups excluding carboxylic acids is 3. The molecule has 210 valence electrons. The van der Waals surface area contributed by atoms with E-state index >= 15 is 0 Å². The van der Waals surface area contributed by atoms with E-state index in [1.54, 1.807) is 24.0 Å². The highest BCUT2D eigenvalue weighted by Crippen LogP contribution is 2.34. The molecule has 0 spiro atoms. The van der Waals surface area contributed by atoms with Crippen molar-refractivity contribution in [3.8, 4) is 0 Å². The molecule has 0 saturated heterocycles. The summed E-state index contributed by atoms with van der Waals surface area (Å²) in [4.78, 5) is 61.1. The van der Waals surface area contributed by atoms with Crippen molar-refractivity contribution >= 4 is 41.2 Å². The van der Waals surface area contributed by atoms with E-state index in [0.29, 0.717) is 17.6 Å². The molecule has 1 unspecified atom stereocenters. The second kappa shape index (κ2) is 13.4. The fourth-order valence-electron chi connectivity index (χ4n) is 4.77. The second-order valence-electron chi connectivity index (χ2n) is 9.92. The summed E-state index contributed by atoms with van der Waals surface area (Å²) in [5, 5.41) is 16.1. The number of ketones is 1. The van der Waals surface area contributed by atoms with Crippen molar-refractivity contribution in [1.82, 2.24) is 5.32 Å². The molecule has 2 amide bonds. The van der Waals surface area contributed by atoms with Gasteiger partial charge in [-0.2, -0.15) is 4.79 Å². The summed E-state index contributed by atoms with van der Waals surface area (Å²) in [6, 6.07) is 16.2. The van der Waals surface area contributed by atoms with E-state index in [9.17, 15) is 24.3 Å². The highest BCUT2D eigenvalue weighted by atomic mass is 16.7. The summed E-state index contributed by atoms with van der Waals surface area (Å²) in [6.07, 6.45) is 0.101. The van der Waals surface area contributed by atoms with Crippen LogP contribution in [-0.2, 0) is 30.4 Å². The molecule has 1 aliphatic rings. The lowest BCUT2D eigenvalue weighted by atomic mass is 9.84. The SMILES string of the molecule is CCC(=O)N(c1ccccc1)[C@H](C1=NOC(Cc2ccccc2)(C(=O)N[C@@H](CC(=O)O)C(=O)C=[N+]=[N-])C1)C(C)C. The van der Waals surface area contributed by atoms with Gasteiger partial charge in [0.1, 0.15) is 6.04 Å². The van der Waals surface area contributed by atoms with Crippen LogP contribution >= 0.6 is 0 Å². The molecule has 0 bridgehead atoms. The van der Waals surface area contributed by atoms with Gasteiger partial charge in [0.05, 0.1) is 18.2 Å². The summed E-state index contributed by atoms with van der Waals surface area (Å²) < 4.78 is 0. The van der Waals surface area contributed by atoms with E-state index < -0.39 is 41.8 Å². The minimum Gasteiger partial charge on any atom is -0.481 e. The quantitative estimate of drug-likeness (QED) is 0.222. The largest absolute Gasteiger partial charge is 0.481 e. The van der Waals surface area contributed by atoms with Crippen LogP contribution < -0.4 is 10.2 Å². The molecule has 2 aromatic carbocycles. The van der Waals surface area contributed by atoms with Crippen LogP contribution in [0.1, 0.15) is 45.6 Å². The predicted octanol–water partition coefficient (Wildman–Crippen LogP) is 3.04. The Balaban J connectivity index is 2.01. The maximum absolute atomic E-state index is 13.8. The van der Waals surface area contributed by atoms with Crippen LogP contribution in [0.15, 0.2) is 65.8 Å². The Bertz CT molecular complexity index is 1310. The average Bonchev–Trinajstić information content (AvgIpc) is 3.36. The van der Waals surface area contributed by atoms with Gasteiger partial charge in [0.25, 0.3) is 11.7 Å². The zero-order chi connectivity index (χ0) is 29.3. The highest BCUT2D eigenvalue weighted by Gasteiger charge is 2.50. The van der Waals surface area contributed by atoms with Gasteiger partial charge in [-0.25, -0.2) is 0 Å². The monoisotopic (exact) mass is 547 g/mol. The van der Waals surface area contributed by atoms with Crippen LogP contribution in [0.2, 0.25) is 0 Å². The van der Waals surface area contributed by atoms with Crippen molar-refractivity contribution in [3.63, 3.8) is 0 Å². The zero-order valence-corrected chi connectivity index (χ0v) is 22.7. The molecule has 2 N–H and O–H groups in total. The van der Waals surface area contributed by atoms with Crippen molar-refractivity contribution in [2.45, 2.75) is 64.1 Å². The van der Waals surface area contributed by atoms with Crippen LogP contribution in [0.4, 0.5) is 5.69 Å². The first-order valence-electron chi connectivity index (χ1n) is 13.0. The standard InChI is InChI=1S/C29H33N5O6/c1-4-25(36)34(21-13-9-6-10-14-21)27(19(2)3)23-17-29(40-33-23,16-20-11-7-5-8-12-20)28(39)32-22(15-26(37)38)24(35)18-31-30/h5-14,18-19,22,27H,4,15-17H2,1-3H3,(H,32,39)(H,37,38)/t22-,27-,29?/m0/s1. The molecule has 0 saturated carbocycles. The number of carbonyl (C=O) groups is 4. The summed E-state index contributed by atoms with van der Waals surface area (Å²) in [5.41, 5.74) is 9.04. The number of Topliss-reactive ketones (excluding diaryl/α,β-unsaturated/α-hetero) is 1. The number of nitrogens with one attached hydrogen (secondary N) is 1. The summed E-state index contributed by atoms with van der Waals surface area (Å²) >= 11 is 0. The first kappa shape index (κ1) is 29.9. The highest BCUT2D eigenvalue weighted by molar-refractivity contribution is 6.28. The molecule has 40 heavy (non-hydrogen) atoms. The van der Waals surface area contributed by atoms with Crippen LogP contribution in [0.25, 0.3) is 5.53 Å². The van der Waals surface area contributed by atoms with E-state index in [1.807, 2.05) is 62.4 Å². The van der Waals surface area contributed by atoms with Gasteiger partial charge in [0.2, 0.25) is 11.5 Å². The van der Waals surface area contributed by atoms with Gasteiger partial charge >= 0.3 is 12.2 Å². The van der Waals surface area contributed by atoms with Gasteiger partial charge < -0.3 is 25.7 Å². The number of para-hydroxylation sites is 1. The summed E-state index contributed by atoms with van der Waals surface area (Å²) in [7, 11) is 0. The normalized spacial score (nSPS) is 17.6. The van der Waals surface area contributed by atoms with Crippen LogP contribution in [0.3, 0.4) is 0 Å². The Morgan fingerprint density at radius 1 is 1.12 bits per heavy atom. The maximum Gasteiger partial charge on any atom is 0.325 e. The Hall–Kier alpha value is -4.63. The van der Waals surface area contributed by atoms with Crippen molar-refractivity contribution in [2.24, 2.45) is 11.1 Å². The molecule has 0 aromatic heterocycles. The number of hydrogen-bond acceptors (Lipinski definition) is 6. The van der Waals surface area contributed by atoms with Gasteiger partial charge in [-0.3, -0.25) is 19.2 Å². The number of benzene rings is 2. The molecule has 2 aromatic rings. The van der Waals surface area contributed by atoms with Crippen molar-refractivity contribution < 1.29 is 33.9 Å². The number of carboxylic acids is 1. The summed E-state index contributed by atoms with van der Waals surface area (Å²) in [6.45, 7) is 5.66. The smallest absolute Gasteiger partial charge is 0.325 e. The Morgan fingerprint density at radius 2 is 1.75 bits per heavy atom. The predicted molar refractivity (Wildman–Crippen MR) is 148 cm³/mol. The van der Waals surface area contributed by atoms with E-state index in [1.165, 1.54) is 0 Å². The van der Waals surface area contributed by atoms with Gasteiger partial charge in [-0.05, 0) is 23.6 Å². The molecule has 11 heteroatoms. The molecule has 0 radical (unpaired) electrons. The molecule has 11 nitrogen and oxygen atoms in total. The number of amides is 2. The third-order valence-corrected chi connectivity index (χ3v) is 6.62. The van der Waals surface area contributed by atoms with Gasteiger partial charge in [0.15, 0.2) is 0 Å². The second-order valence-corrected chi connectivity index (χ2v) is 9.92. The molecular formula is C29H33N5O6. The number of nitrogens with zero attached hydrogens (tertiary/aromatic N) is 4. The maximum atomic E-state index is 13.8. The molecule has 0 fully saturated rings. The zero-order valence-electron chi connectivity index (χ0n) is 22.7. The van der Waals surface area contributed by atoms with Gasteiger partial charge in [-0.15, -0.1) is 0 Å². The Labute approximate surface area is 232 Å². The van der Waals surface area contributed by atoms with Gasteiger partial charge in [-0.1, -0.05) is 74.5 Å². The van der Waals surface area contributed by atoms with E-state index in [4.69, 9.17) is 10.4 Å². The number of anilines is 1. The topological polar surface area (TPSA) is 162 Å². The fraction of sp³-hybridized carbons (Fsp3) is 0.379. The summed E-state index contributed by atoms with van der Waals surface area (Å²) in [5.74, 6) is -3.22. The third kappa shape index (κ3) is 7.06. The minimum atomic E-state index is -1.63. The number of carboxylic acid groups (broad SMARTS) is 1. The first-order valence-corrected chi connectivity index (χ1v) is 13.0. The minimum absolute atomic E-state index is 0.0149. The van der Waals surface area contributed by atoms with Crippen LogP contribution in [-0.4, -0.2) is 63.1 Å². The number of oxime groups is 1. The van der Waals surface area contributed by atoms with Crippen molar-refractivity contribution in [1.29, 1.82) is 0 Å². The molecule has 3 atom stereocenters. The van der Waals surface area contributed by atoms with Crippen molar-refractivity contribution in [2.75, 3.05) is 4.90 Å². The molecule has 0 aliphatic carbocycles. The molecule has 3 rings (SSSR count). The number of rotatable bonds is 13. The third-order valence-electron chi connectivity index (χ3n) is 6.62. The van der Waals surface area contributed by atoms with E-state index in [2.05, 4.69) is 15.3 Å². The fourth-order valence-corrected chi connectivity index (χ4v) is 4.77. The molecule has 1 aliphatic heterocycles. The van der Waals surface area contributed by atoms with Crippen molar-refractivity contribution in [3.05, 3.63) is 71.8 Å².